The Labute approximate surface area is 118 Å². The minimum absolute atomic E-state index is 0.482. The maximum atomic E-state index is 3.97. The molecule has 1 saturated heterocycles. The lowest BCUT2D eigenvalue weighted by molar-refractivity contribution is 0.274. The van der Waals surface area contributed by atoms with Gasteiger partial charge in [0.05, 0.1) is 11.4 Å². The molecule has 0 amide bonds. The molecule has 1 aromatic carbocycles. The summed E-state index contributed by atoms with van der Waals surface area (Å²) in [4.78, 5) is 2.50. The van der Waals surface area contributed by atoms with Gasteiger partial charge in [0.1, 0.15) is 6.33 Å². The number of para-hydroxylation sites is 2. The topological polar surface area (TPSA) is 58.9 Å². The molecule has 6 nitrogen and oxygen atoms in total. The summed E-state index contributed by atoms with van der Waals surface area (Å²) in [5, 5.41) is 15.0. The highest BCUT2D eigenvalue weighted by Gasteiger charge is 2.24. The summed E-state index contributed by atoms with van der Waals surface area (Å²) in [6, 6.07) is 9.22. The van der Waals surface area contributed by atoms with Crippen LogP contribution >= 0.6 is 0 Å². The Morgan fingerprint density at radius 3 is 2.85 bits per heavy atom. The van der Waals surface area contributed by atoms with Gasteiger partial charge < -0.3 is 5.32 Å². The van der Waals surface area contributed by atoms with E-state index < -0.39 is 0 Å². The van der Waals surface area contributed by atoms with Crippen LogP contribution in [0.5, 0.6) is 0 Å². The molecule has 20 heavy (non-hydrogen) atoms. The summed E-state index contributed by atoms with van der Waals surface area (Å²) < 4.78 is 1.69. The molecule has 1 atom stereocenters. The molecular weight excluding hydrogens is 252 g/mol. The first-order valence-electron chi connectivity index (χ1n) is 7.07. The summed E-state index contributed by atoms with van der Waals surface area (Å²) in [5.41, 5.74) is 2.07. The highest BCUT2D eigenvalue weighted by molar-refractivity contribution is 5.60. The number of benzene rings is 1. The van der Waals surface area contributed by atoms with Crippen LogP contribution in [0.3, 0.4) is 0 Å². The lowest BCUT2D eigenvalue weighted by atomic mass is 10.2. The standard InChI is InChI=1S/C14H20N6/c1-11(2)19-8-7-12(9-19)16-13-5-3-4-6-14(13)20-10-15-17-18-20/h3-6,10-12,16H,7-9H2,1-2H3. The minimum Gasteiger partial charge on any atom is -0.379 e. The second-order valence-corrected chi connectivity index (χ2v) is 5.49. The zero-order valence-electron chi connectivity index (χ0n) is 11.9. The molecule has 1 aliphatic heterocycles. The van der Waals surface area contributed by atoms with Gasteiger partial charge in [0, 0.05) is 25.2 Å². The number of nitrogens with one attached hydrogen (secondary N) is 1. The van der Waals surface area contributed by atoms with E-state index in [-0.39, 0.29) is 0 Å². The van der Waals surface area contributed by atoms with Gasteiger partial charge in [-0.15, -0.1) is 5.10 Å². The number of anilines is 1. The van der Waals surface area contributed by atoms with Crippen molar-refractivity contribution >= 4 is 5.69 Å². The van der Waals surface area contributed by atoms with Crippen molar-refractivity contribution in [3.8, 4) is 5.69 Å². The van der Waals surface area contributed by atoms with Gasteiger partial charge in [-0.1, -0.05) is 12.1 Å². The van der Waals surface area contributed by atoms with Gasteiger partial charge >= 0.3 is 0 Å². The SMILES string of the molecule is CC(C)N1CCC(Nc2ccccc2-n2cnnn2)C1. The van der Waals surface area contributed by atoms with Gasteiger partial charge in [0.2, 0.25) is 0 Å². The maximum absolute atomic E-state index is 3.97. The van der Waals surface area contributed by atoms with Crippen molar-refractivity contribution in [1.29, 1.82) is 0 Å². The average Bonchev–Trinajstić information content (AvgIpc) is 3.10. The molecular formula is C14H20N6. The van der Waals surface area contributed by atoms with E-state index in [9.17, 15) is 0 Å². The van der Waals surface area contributed by atoms with Crippen molar-refractivity contribution in [2.24, 2.45) is 0 Å². The molecule has 1 aliphatic rings. The zero-order chi connectivity index (χ0) is 13.9. The Kier molecular flexibility index (Phi) is 3.64. The highest BCUT2D eigenvalue weighted by atomic mass is 15.5. The van der Waals surface area contributed by atoms with Crippen molar-refractivity contribution < 1.29 is 0 Å². The molecule has 2 heterocycles. The fourth-order valence-electron chi connectivity index (χ4n) is 2.66. The average molecular weight is 272 g/mol. The number of tetrazole rings is 1. The van der Waals surface area contributed by atoms with Crippen LogP contribution < -0.4 is 5.32 Å². The number of hydrogen-bond acceptors (Lipinski definition) is 5. The first-order chi connectivity index (χ1) is 9.74. The second-order valence-electron chi connectivity index (χ2n) is 5.49. The number of nitrogens with zero attached hydrogens (tertiary/aromatic N) is 5. The fourth-order valence-corrected chi connectivity index (χ4v) is 2.66. The smallest absolute Gasteiger partial charge is 0.143 e. The van der Waals surface area contributed by atoms with E-state index in [1.54, 1.807) is 11.0 Å². The largest absolute Gasteiger partial charge is 0.379 e. The van der Waals surface area contributed by atoms with Crippen molar-refractivity contribution in [1.82, 2.24) is 25.1 Å². The summed E-state index contributed by atoms with van der Waals surface area (Å²) in [5.74, 6) is 0. The third kappa shape index (κ3) is 2.65. The molecule has 0 bridgehead atoms. The first kappa shape index (κ1) is 13.1. The van der Waals surface area contributed by atoms with Crippen molar-refractivity contribution in [3.63, 3.8) is 0 Å². The Morgan fingerprint density at radius 1 is 1.30 bits per heavy atom. The molecule has 106 valence electrons. The van der Waals surface area contributed by atoms with Crippen molar-refractivity contribution in [2.75, 3.05) is 18.4 Å². The fraction of sp³-hybridized carbons (Fsp3) is 0.500. The molecule has 6 heteroatoms. The van der Waals surface area contributed by atoms with Gasteiger partial charge in [-0.2, -0.15) is 4.68 Å². The van der Waals surface area contributed by atoms with Crippen LogP contribution in [0.25, 0.3) is 5.69 Å². The summed E-state index contributed by atoms with van der Waals surface area (Å²) in [6.07, 6.45) is 2.79. The molecule has 0 aliphatic carbocycles. The Hall–Kier alpha value is -1.95. The van der Waals surface area contributed by atoms with Gasteiger partial charge in [0.15, 0.2) is 0 Å². The predicted molar refractivity (Wildman–Crippen MR) is 77.9 cm³/mol. The number of aromatic nitrogens is 4. The number of likely N-dealkylation sites (tertiary alicyclic amines) is 1. The van der Waals surface area contributed by atoms with Gasteiger partial charge in [0.25, 0.3) is 0 Å². The van der Waals surface area contributed by atoms with Gasteiger partial charge in [-0.05, 0) is 42.8 Å². The Morgan fingerprint density at radius 2 is 2.15 bits per heavy atom. The molecule has 1 N–H and O–H groups in total. The van der Waals surface area contributed by atoms with Gasteiger partial charge in [-0.25, -0.2) is 0 Å². The molecule has 0 spiro atoms. The van der Waals surface area contributed by atoms with Crippen LogP contribution in [0.1, 0.15) is 20.3 Å². The van der Waals surface area contributed by atoms with Crippen LogP contribution in [0.2, 0.25) is 0 Å². The van der Waals surface area contributed by atoms with E-state index in [0.717, 1.165) is 24.5 Å². The normalized spacial score (nSPS) is 19.6. The minimum atomic E-state index is 0.482. The molecule has 1 aromatic heterocycles. The van der Waals surface area contributed by atoms with E-state index in [4.69, 9.17) is 0 Å². The third-order valence-corrected chi connectivity index (χ3v) is 3.81. The summed E-state index contributed by atoms with van der Waals surface area (Å²) in [7, 11) is 0. The Balaban J connectivity index is 1.76. The molecule has 0 saturated carbocycles. The lowest BCUT2D eigenvalue weighted by Crippen LogP contribution is -2.31. The summed E-state index contributed by atoms with van der Waals surface area (Å²) >= 11 is 0. The molecule has 2 aromatic rings. The van der Waals surface area contributed by atoms with E-state index in [1.807, 2.05) is 18.2 Å². The molecule has 1 unspecified atom stereocenters. The van der Waals surface area contributed by atoms with Crippen molar-refractivity contribution in [3.05, 3.63) is 30.6 Å². The molecule has 0 radical (unpaired) electrons. The lowest BCUT2D eigenvalue weighted by Gasteiger charge is -2.21. The number of hydrogen-bond donors (Lipinski definition) is 1. The van der Waals surface area contributed by atoms with Crippen LogP contribution in [0.15, 0.2) is 30.6 Å². The molecule has 1 fully saturated rings. The zero-order valence-corrected chi connectivity index (χ0v) is 11.9. The van der Waals surface area contributed by atoms with Crippen molar-refractivity contribution in [2.45, 2.75) is 32.4 Å². The Bertz CT molecular complexity index is 551. The van der Waals surface area contributed by atoms with Crippen LogP contribution in [0.4, 0.5) is 5.69 Å². The number of rotatable bonds is 4. The summed E-state index contributed by atoms with van der Waals surface area (Å²) in [6.45, 7) is 6.73. The van der Waals surface area contributed by atoms with Gasteiger partial charge in [-0.3, -0.25) is 4.90 Å². The van der Waals surface area contributed by atoms with Crippen LogP contribution in [0, 0.1) is 0 Å². The van der Waals surface area contributed by atoms with E-state index in [1.165, 1.54) is 6.42 Å². The van der Waals surface area contributed by atoms with E-state index in [2.05, 4.69) is 45.7 Å². The van der Waals surface area contributed by atoms with E-state index in [0.29, 0.717) is 12.1 Å². The second kappa shape index (κ2) is 5.58. The third-order valence-electron chi connectivity index (χ3n) is 3.81. The maximum Gasteiger partial charge on any atom is 0.143 e. The van der Waals surface area contributed by atoms with Crippen LogP contribution in [-0.4, -0.2) is 50.3 Å². The highest BCUT2D eigenvalue weighted by Crippen LogP contribution is 2.22. The first-order valence-corrected chi connectivity index (χ1v) is 7.07. The van der Waals surface area contributed by atoms with Crippen LogP contribution in [-0.2, 0) is 0 Å². The van der Waals surface area contributed by atoms with E-state index >= 15 is 0 Å². The molecule has 3 rings (SSSR count). The monoisotopic (exact) mass is 272 g/mol. The quantitative estimate of drug-likeness (QED) is 0.915. The predicted octanol–water partition coefficient (Wildman–Crippen LogP) is 1.56.